The highest BCUT2D eigenvalue weighted by molar-refractivity contribution is 5.20. The zero-order valence-corrected chi connectivity index (χ0v) is 14.1. The van der Waals surface area contributed by atoms with Crippen molar-refractivity contribution in [3.63, 3.8) is 0 Å². The zero-order valence-electron chi connectivity index (χ0n) is 14.1. The molecule has 1 aromatic rings. The number of rotatable bonds is 4. The van der Waals surface area contributed by atoms with Crippen LogP contribution in [0.3, 0.4) is 0 Å². The van der Waals surface area contributed by atoms with Crippen molar-refractivity contribution >= 4 is 0 Å². The number of aliphatic hydroxyl groups is 1. The van der Waals surface area contributed by atoms with Gasteiger partial charge < -0.3 is 14.7 Å². The van der Waals surface area contributed by atoms with Crippen LogP contribution in [0, 0.1) is 11.6 Å². The van der Waals surface area contributed by atoms with Crippen molar-refractivity contribution in [2.45, 2.75) is 38.0 Å². The number of ether oxygens (including phenoxy) is 1. The molecule has 0 radical (unpaired) electrons. The molecule has 2 aliphatic rings. The molecular formula is C18H26F2N2O2. The number of hydrogen-bond donors (Lipinski definition) is 1. The standard InChI is InChI=1S/C18H26F2N2O2/c1-13-11-22(8-9-24-13)15-4-6-21(7-5-15)12-18(23)14-2-3-16(19)17(20)10-14/h2-3,10,13,15,18,23H,4-9,11-12H2,1H3. The van der Waals surface area contributed by atoms with Crippen molar-refractivity contribution in [1.29, 1.82) is 0 Å². The minimum Gasteiger partial charge on any atom is -0.387 e. The number of halogens is 2. The first-order chi connectivity index (χ1) is 11.5. The molecule has 0 spiro atoms. The molecule has 2 aliphatic heterocycles. The Bertz CT molecular complexity index is 550. The van der Waals surface area contributed by atoms with E-state index >= 15 is 0 Å². The van der Waals surface area contributed by atoms with Gasteiger partial charge in [0, 0.05) is 25.7 Å². The van der Waals surface area contributed by atoms with Gasteiger partial charge in [-0.2, -0.15) is 0 Å². The largest absolute Gasteiger partial charge is 0.387 e. The first-order valence-corrected chi connectivity index (χ1v) is 8.74. The molecular weight excluding hydrogens is 314 g/mol. The van der Waals surface area contributed by atoms with Gasteiger partial charge in [0.25, 0.3) is 0 Å². The van der Waals surface area contributed by atoms with Crippen LogP contribution in [0.25, 0.3) is 0 Å². The molecule has 4 nitrogen and oxygen atoms in total. The smallest absolute Gasteiger partial charge is 0.159 e. The van der Waals surface area contributed by atoms with Gasteiger partial charge in [0.2, 0.25) is 0 Å². The van der Waals surface area contributed by atoms with Crippen LogP contribution in [0.2, 0.25) is 0 Å². The lowest BCUT2D eigenvalue weighted by atomic mass is 10.0. The van der Waals surface area contributed by atoms with E-state index in [1.807, 2.05) is 0 Å². The maximum absolute atomic E-state index is 13.3. The van der Waals surface area contributed by atoms with E-state index in [9.17, 15) is 13.9 Å². The molecule has 2 heterocycles. The first kappa shape index (κ1) is 17.7. The van der Waals surface area contributed by atoms with Crippen LogP contribution in [0.1, 0.15) is 31.4 Å². The summed E-state index contributed by atoms with van der Waals surface area (Å²) in [4.78, 5) is 4.71. The third kappa shape index (κ3) is 4.30. The maximum atomic E-state index is 13.3. The molecule has 0 saturated carbocycles. The van der Waals surface area contributed by atoms with E-state index in [-0.39, 0.29) is 0 Å². The number of aliphatic hydroxyl groups excluding tert-OH is 1. The summed E-state index contributed by atoms with van der Waals surface area (Å²) < 4.78 is 31.9. The average molecular weight is 340 g/mol. The highest BCUT2D eigenvalue weighted by atomic mass is 19.2. The van der Waals surface area contributed by atoms with Crippen molar-refractivity contribution in [2.75, 3.05) is 39.3 Å². The van der Waals surface area contributed by atoms with Gasteiger partial charge in [0.1, 0.15) is 0 Å². The fourth-order valence-corrected chi connectivity index (χ4v) is 3.71. The van der Waals surface area contributed by atoms with E-state index < -0.39 is 17.7 Å². The lowest BCUT2D eigenvalue weighted by molar-refractivity contribution is -0.0449. The van der Waals surface area contributed by atoms with E-state index in [2.05, 4.69) is 16.7 Å². The van der Waals surface area contributed by atoms with E-state index in [0.717, 1.165) is 57.8 Å². The first-order valence-electron chi connectivity index (χ1n) is 8.74. The van der Waals surface area contributed by atoms with Gasteiger partial charge in [0.05, 0.1) is 18.8 Å². The summed E-state index contributed by atoms with van der Waals surface area (Å²) in [6.07, 6.45) is 1.64. The Labute approximate surface area is 142 Å². The van der Waals surface area contributed by atoms with E-state index in [1.54, 1.807) is 0 Å². The monoisotopic (exact) mass is 340 g/mol. The molecule has 6 heteroatoms. The molecule has 0 aromatic heterocycles. The summed E-state index contributed by atoms with van der Waals surface area (Å²) in [6.45, 7) is 7.18. The molecule has 0 amide bonds. The lowest BCUT2D eigenvalue weighted by Crippen LogP contribution is -2.51. The molecule has 0 aliphatic carbocycles. The fraction of sp³-hybridized carbons (Fsp3) is 0.667. The molecule has 134 valence electrons. The van der Waals surface area contributed by atoms with Crippen LogP contribution in [0.15, 0.2) is 18.2 Å². The van der Waals surface area contributed by atoms with Crippen LogP contribution < -0.4 is 0 Å². The molecule has 2 fully saturated rings. The minimum atomic E-state index is -0.910. The molecule has 24 heavy (non-hydrogen) atoms. The van der Waals surface area contributed by atoms with Crippen LogP contribution in [-0.2, 0) is 4.74 Å². The third-order valence-electron chi connectivity index (χ3n) is 5.11. The Hall–Kier alpha value is -1.08. The molecule has 2 saturated heterocycles. The van der Waals surface area contributed by atoms with Gasteiger partial charge in [-0.15, -0.1) is 0 Å². The number of nitrogens with zero attached hydrogens (tertiary/aromatic N) is 2. The SMILES string of the molecule is CC1CN(C2CCN(CC(O)c3ccc(F)c(F)c3)CC2)CCO1. The summed E-state index contributed by atoms with van der Waals surface area (Å²) in [5.74, 6) is -1.79. The molecule has 2 atom stereocenters. The topological polar surface area (TPSA) is 35.9 Å². The average Bonchev–Trinajstić information content (AvgIpc) is 2.58. The molecule has 1 aromatic carbocycles. The Morgan fingerprint density at radius 2 is 1.96 bits per heavy atom. The van der Waals surface area contributed by atoms with Crippen molar-refractivity contribution in [2.24, 2.45) is 0 Å². The van der Waals surface area contributed by atoms with Gasteiger partial charge in [-0.3, -0.25) is 4.90 Å². The minimum absolute atomic E-state index is 0.298. The second-order valence-corrected chi connectivity index (χ2v) is 6.90. The highest BCUT2D eigenvalue weighted by Gasteiger charge is 2.28. The summed E-state index contributed by atoms with van der Waals surface area (Å²) >= 11 is 0. The molecule has 3 rings (SSSR count). The summed E-state index contributed by atoms with van der Waals surface area (Å²) in [5, 5.41) is 10.3. The van der Waals surface area contributed by atoms with Crippen molar-refractivity contribution in [3.05, 3.63) is 35.4 Å². The Morgan fingerprint density at radius 1 is 1.21 bits per heavy atom. The number of piperidine rings is 1. The predicted octanol–water partition coefficient (Wildman–Crippen LogP) is 2.18. The number of hydrogen-bond acceptors (Lipinski definition) is 4. The summed E-state index contributed by atoms with van der Waals surface area (Å²) in [7, 11) is 0. The quantitative estimate of drug-likeness (QED) is 0.911. The second kappa shape index (κ2) is 7.87. The fourth-order valence-electron chi connectivity index (χ4n) is 3.71. The summed E-state index contributed by atoms with van der Waals surface area (Å²) in [6, 6.07) is 4.18. The third-order valence-corrected chi connectivity index (χ3v) is 5.11. The van der Waals surface area contributed by atoms with Crippen LogP contribution in [0.4, 0.5) is 8.78 Å². The van der Waals surface area contributed by atoms with Gasteiger partial charge in [-0.1, -0.05) is 6.07 Å². The molecule has 1 N–H and O–H groups in total. The van der Waals surface area contributed by atoms with Crippen molar-refractivity contribution in [1.82, 2.24) is 9.80 Å². The summed E-state index contributed by atoms with van der Waals surface area (Å²) in [5.41, 5.74) is 0.429. The van der Waals surface area contributed by atoms with Crippen LogP contribution >= 0.6 is 0 Å². The van der Waals surface area contributed by atoms with Crippen LogP contribution in [0.5, 0.6) is 0 Å². The Balaban J connectivity index is 1.48. The molecule has 0 bridgehead atoms. The van der Waals surface area contributed by atoms with Gasteiger partial charge >= 0.3 is 0 Å². The predicted molar refractivity (Wildman–Crippen MR) is 87.8 cm³/mol. The molecule has 2 unspecified atom stereocenters. The number of benzene rings is 1. The highest BCUT2D eigenvalue weighted by Crippen LogP contribution is 2.22. The van der Waals surface area contributed by atoms with E-state index in [0.29, 0.717) is 24.3 Å². The number of likely N-dealkylation sites (tertiary alicyclic amines) is 1. The van der Waals surface area contributed by atoms with Gasteiger partial charge in [0.15, 0.2) is 11.6 Å². The second-order valence-electron chi connectivity index (χ2n) is 6.90. The van der Waals surface area contributed by atoms with Crippen LogP contribution in [-0.4, -0.2) is 66.4 Å². The Kier molecular flexibility index (Phi) is 5.81. The number of β-amino-alcohol motifs (C(OH)–C–C–N with tert-alkyl or cyclic N) is 1. The van der Waals surface area contributed by atoms with E-state index in [1.165, 1.54) is 6.07 Å². The zero-order chi connectivity index (χ0) is 17.1. The van der Waals surface area contributed by atoms with Crippen molar-refractivity contribution < 1.29 is 18.6 Å². The van der Waals surface area contributed by atoms with E-state index in [4.69, 9.17) is 4.74 Å². The van der Waals surface area contributed by atoms with Crippen molar-refractivity contribution in [3.8, 4) is 0 Å². The Morgan fingerprint density at radius 3 is 2.62 bits per heavy atom. The lowest BCUT2D eigenvalue weighted by Gasteiger charge is -2.42. The van der Waals surface area contributed by atoms with Gasteiger partial charge in [-0.25, -0.2) is 8.78 Å². The number of morpholine rings is 1. The maximum Gasteiger partial charge on any atom is 0.159 e. The normalized spacial score (nSPS) is 25.8. The van der Waals surface area contributed by atoms with Gasteiger partial charge in [-0.05, 0) is 50.6 Å².